The molecule has 0 saturated carbocycles. The Kier molecular flexibility index (Phi) is 5.85. The first-order chi connectivity index (χ1) is 4.81. The minimum Gasteiger partial charge on any atom is -0.103 e. The van der Waals surface area contributed by atoms with Crippen molar-refractivity contribution in [1.29, 1.82) is 0 Å². The van der Waals surface area contributed by atoms with Gasteiger partial charge in [-0.2, -0.15) is 0 Å². The van der Waals surface area contributed by atoms with Crippen LogP contribution in [0.3, 0.4) is 0 Å². The van der Waals surface area contributed by atoms with E-state index in [2.05, 4.69) is 31.7 Å². The lowest BCUT2D eigenvalue weighted by Crippen LogP contribution is -1.68. The van der Waals surface area contributed by atoms with Crippen LogP contribution in [0.15, 0.2) is 36.5 Å². The summed E-state index contributed by atoms with van der Waals surface area (Å²) in [5, 5.41) is 0. The minimum absolute atomic E-state index is 1.08. The van der Waals surface area contributed by atoms with Gasteiger partial charge >= 0.3 is 0 Å². The van der Waals surface area contributed by atoms with Gasteiger partial charge in [0.2, 0.25) is 0 Å². The standard InChI is InChI=1S/C10H16/c1-4-6-7-9-10(3)8-5-2/h4-5,8-9H,1,6-7H2,2-3H3/b8-5-,10-9-. The Balaban J connectivity index is 3.57. The summed E-state index contributed by atoms with van der Waals surface area (Å²) in [6, 6.07) is 0. The molecule has 0 amide bonds. The Morgan fingerprint density at radius 2 is 2.10 bits per heavy atom. The Bertz CT molecular complexity index is 138. The zero-order chi connectivity index (χ0) is 7.82. The van der Waals surface area contributed by atoms with E-state index in [1.807, 2.05) is 13.0 Å². The van der Waals surface area contributed by atoms with Crippen molar-refractivity contribution in [2.24, 2.45) is 0 Å². The first-order valence-corrected chi connectivity index (χ1v) is 3.71. The first-order valence-electron chi connectivity index (χ1n) is 3.71. The summed E-state index contributed by atoms with van der Waals surface area (Å²) in [5.41, 5.74) is 1.34. The van der Waals surface area contributed by atoms with Crippen molar-refractivity contribution in [2.45, 2.75) is 26.7 Å². The second-order valence-electron chi connectivity index (χ2n) is 2.31. The third kappa shape index (κ3) is 5.36. The molecular formula is C10H16. The van der Waals surface area contributed by atoms with Gasteiger partial charge < -0.3 is 0 Å². The predicted molar refractivity (Wildman–Crippen MR) is 48.0 cm³/mol. The molecule has 0 aromatic carbocycles. The van der Waals surface area contributed by atoms with Crippen LogP contribution in [0.4, 0.5) is 0 Å². The second kappa shape index (κ2) is 6.34. The van der Waals surface area contributed by atoms with E-state index in [0.29, 0.717) is 0 Å². The molecule has 0 aliphatic heterocycles. The van der Waals surface area contributed by atoms with Gasteiger partial charge in [-0.25, -0.2) is 0 Å². The van der Waals surface area contributed by atoms with Gasteiger partial charge in [-0.15, -0.1) is 6.58 Å². The fourth-order valence-electron chi connectivity index (χ4n) is 0.760. The van der Waals surface area contributed by atoms with Crippen molar-refractivity contribution < 1.29 is 0 Å². The van der Waals surface area contributed by atoms with Crippen LogP contribution in [0.2, 0.25) is 0 Å². The van der Waals surface area contributed by atoms with Crippen molar-refractivity contribution in [2.75, 3.05) is 0 Å². The average molecular weight is 136 g/mol. The van der Waals surface area contributed by atoms with E-state index in [0.717, 1.165) is 12.8 Å². The predicted octanol–water partition coefficient (Wildman–Crippen LogP) is 3.48. The zero-order valence-electron chi connectivity index (χ0n) is 6.93. The van der Waals surface area contributed by atoms with Gasteiger partial charge in [-0.05, 0) is 26.7 Å². The molecule has 56 valence electrons. The maximum absolute atomic E-state index is 3.66. The fraction of sp³-hybridized carbons (Fsp3) is 0.400. The van der Waals surface area contributed by atoms with E-state index in [1.54, 1.807) is 0 Å². The molecule has 0 unspecified atom stereocenters. The Morgan fingerprint density at radius 3 is 2.60 bits per heavy atom. The van der Waals surface area contributed by atoms with Crippen molar-refractivity contribution >= 4 is 0 Å². The third-order valence-corrected chi connectivity index (χ3v) is 1.27. The lowest BCUT2D eigenvalue weighted by molar-refractivity contribution is 1.04. The summed E-state index contributed by atoms with van der Waals surface area (Å²) in [6.07, 6.45) is 10.5. The highest BCUT2D eigenvalue weighted by Gasteiger charge is 1.78. The molecule has 10 heavy (non-hydrogen) atoms. The molecule has 0 aromatic rings. The van der Waals surface area contributed by atoms with Crippen LogP contribution in [-0.4, -0.2) is 0 Å². The van der Waals surface area contributed by atoms with Crippen LogP contribution in [0.25, 0.3) is 0 Å². The quantitative estimate of drug-likeness (QED) is 0.315. The first kappa shape index (κ1) is 9.22. The van der Waals surface area contributed by atoms with Crippen LogP contribution >= 0.6 is 0 Å². The van der Waals surface area contributed by atoms with Gasteiger partial charge in [0.05, 0.1) is 0 Å². The lowest BCUT2D eigenvalue weighted by Gasteiger charge is -1.89. The molecule has 0 bridgehead atoms. The Morgan fingerprint density at radius 1 is 1.40 bits per heavy atom. The molecule has 0 fully saturated rings. The van der Waals surface area contributed by atoms with Crippen molar-refractivity contribution in [3.8, 4) is 0 Å². The van der Waals surface area contributed by atoms with E-state index in [4.69, 9.17) is 0 Å². The molecule has 0 spiro atoms. The summed E-state index contributed by atoms with van der Waals surface area (Å²) in [5.74, 6) is 0. The largest absolute Gasteiger partial charge is 0.103 e. The number of rotatable bonds is 4. The van der Waals surface area contributed by atoms with Crippen molar-refractivity contribution in [1.82, 2.24) is 0 Å². The van der Waals surface area contributed by atoms with Crippen LogP contribution in [-0.2, 0) is 0 Å². The molecule has 0 N–H and O–H groups in total. The SMILES string of the molecule is C=CCC/C=C(C)\C=C/C. The van der Waals surface area contributed by atoms with Crippen LogP contribution in [0.5, 0.6) is 0 Å². The van der Waals surface area contributed by atoms with Crippen LogP contribution in [0, 0.1) is 0 Å². The molecule has 0 heterocycles. The molecule has 0 aliphatic carbocycles. The number of allylic oxidation sites excluding steroid dienone is 5. The second-order valence-corrected chi connectivity index (χ2v) is 2.31. The van der Waals surface area contributed by atoms with Crippen LogP contribution < -0.4 is 0 Å². The van der Waals surface area contributed by atoms with Crippen molar-refractivity contribution in [3.05, 3.63) is 36.5 Å². The number of unbranched alkanes of at least 4 members (excludes halogenated alkanes) is 1. The highest BCUT2D eigenvalue weighted by molar-refractivity contribution is 5.14. The van der Waals surface area contributed by atoms with Gasteiger partial charge in [0, 0.05) is 0 Å². The van der Waals surface area contributed by atoms with Gasteiger partial charge in [0.25, 0.3) is 0 Å². The molecule has 0 atom stereocenters. The molecule has 0 radical (unpaired) electrons. The molecule has 0 saturated heterocycles. The molecule has 0 heteroatoms. The average Bonchev–Trinajstić information content (AvgIpc) is 1.89. The van der Waals surface area contributed by atoms with E-state index in [9.17, 15) is 0 Å². The molecule has 0 rings (SSSR count). The summed E-state index contributed by atoms with van der Waals surface area (Å²) < 4.78 is 0. The summed E-state index contributed by atoms with van der Waals surface area (Å²) in [4.78, 5) is 0. The Hall–Kier alpha value is -0.780. The topological polar surface area (TPSA) is 0 Å². The fourth-order valence-corrected chi connectivity index (χ4v) is 0.760. The summed E-state index contributed by atoms with van der Waals surface area (Å²) >= 11 is 0. The summed E-state index contributed by atoms with van der Waals surface area (Å²) in [6.45, 7) is 7.80. The monoisotopic (exact) mass is 136 g/mol. The van der Waals surface area contributed by atoms with Gasteiger partial charge in [0.15, 0.2) is 0 Å². The van der Waals surface area contributed by atoms with Gasteiger partial charge in [0.1, 0.15) is 0 Å². The highest BCUT2D eigenvalue weighted by Crippen LogP contribution is 1.99. The number of hydrogen-bond donors (Lipinski definition) is 0. The molecular weight excluding hydrogens is 120 g/mol. The smallest absolute Gasteiger partial charge is 0.0310 e. The van der Waals surface area contributed by atoms with E-state index < -0.39 is 0 Å². The third-order valence-electron chi connectivity index (χ3n) is 1.27. The maximum Gasteiger partial charge on any atom is -0.0310 e. The zero-order valence-corrected chi connectivity index (χ0v) is 6.93. The molecule has 0 nitrogen and oxygen atoms in total. The minimum atomic E-state index is 1.08. The summed E-state index contributed by atoms with van der Waals surface area (Å²) in [7, 11) is 0. The highest BCUT2D eigenvalue weighted by atomic mass is 13.9. The maximum atomic E-state index is 3.66. The van der Waals surface area contributed by atoms with Gasteiger partial charge in [-0.3, -0.25) is 0 Å². The van der Waals surface area contributed by atoms with E-state index in [1.165, 1.54) is 5.57 Å². The van der Waals surface area contributed by atoms with Crippen LogP contribution in [0.1, 0.15) is 26.7 Å². The normalized spacial score (nSPS) is 12.4. The van der Waals surface area contributed by atoms with Crippen molar-refractivity contribution in [3.63, 3.8) is 0 Å². The lowest BCUT2D eigenvalue weighted by atomic mass is 10.2. The van der Waals surface area contributed by atoms with E-state index in [-0.39, 0.29) is 0 Å². The van der Waals surface area contributed by atoms with Gasteiger partial charge in [-0.1, -0.05) is 29.9 Å². The Labute approximate surface area is 64.0 Å². The van der Waals surface area contributed by atoms with E-state index >= 15 is 0 Å². The number of hydrogen-bond acceptors (Lipinski definition) is 0. The molecule has 0 aliphatic rings. The molecule has 0 aromatic heterocycles.